The summed E-state index contributed by atoms with van der Waals surface area (Å²) in [5.41, 5.74) is 0.624. The molecule has 1 unspecified atom stereocenters. The number of piperidine rings is 1. The number of phenols is 1. The molecule has 1 atom stereocenters. The summed E-state index contributed by atoms with van der Waals surface area (Å²) < 4.78 is 39.7. The molecule has 1 aromatic carbocycles. The van der Waals surface area contributed by atoms with Gasteiger partial charge in [0.2, 0.25) is 0 Å². The molecule has 2 heterocycles. The first kappa shape index (κ1) is 21.7. The van der Waals surface area contributed by atoms with Crippen molar-refractivity contribution in [1.82, 2.24) is 4.90 Å². The van der Waals surface area contributed by atoms with E-state index in [0.717, 1.165) is 32.6 Å². The average molecular weight is 644 g/mol. The van der Waals surface area contributed by atoms with E-state index in [1.807, 2.05) is 24.0 Å². The minimum Gasteiger partial charge on any atom is -0.506 e. The van der Waals surface area contributed by atoms with Crippen molar-refractivity contribution < 1.29 is 33.6 Å². The van der Waals surface area contributed by atoms with Crippen LogP contribution in [-0.2, 0) is 4.29 Å². The molecule has 0 amide bonds. The Bertz CT molecular complexity index is 739. The monoisotopic (exact) mass is 643 g/mol. The first-order valence-corrected chi connectivity index (χ1v) is 12.8. The fourth-order valence-electron chi connectivity index (χ4n) is 2.94. The van der Waals surface area contributed by atoms with Crippen LogP contribution in [-0.4, -0.2) is 27.5 Å². The Morgan fingerprint density at radius 3 is 2.42 bits per heavy atom. The van der Waals surface area contributed by atoms with Crippen molar-refractivity contribution in [2.24, 2.45) is 0 Å². The van der Waals surface area contributed by atoms with E-state index in [0.29, 0.717) is 22.2 Å². The number of rotatable bonds is 4. The van der Waals surface area contributed by atoms with Gasteiger partial charge in [0.25, 0.3) is 0 Å². The predicted molar refractivity (Wildman–Crippen MR) is 111 cm³/mol. The van der Waals surface area contributed by atoms with Gasteiger partial charge in [0.1, 0.15) is 10.0 Å². The van der Waals surface area contributed by atoms with Gasteiger partial charge in [0, 0.05) is 32.0 Å². The zero-order valence-electron chi connectivity index (χ0n) is 13.7. The lowest BCUT2D eigenvalue weighted by atomic mass is 10.1. The molecular weight excluding hydrogens is 628 g/mol. The van der Waals surface area contributed by atoms with Crippen LogP contribution >= 0.6 is 68.7 Å². The van der Waals surface area contributed by atoms with Gasteiger partial charge in [-0.05, 0) is 101 Å². The van der Waals surface area contributed by atoms with Crippen LogP contribution in [0.3, 0.4) is 0 Å². The number of hydrogen-bond acceptors (Lipinski definition) is 8. The highest BCUT2D eigenvalue weighted by Gasteiger charge is 2.58. The highest BCUT2D eigenvalue weighted by atomic mass is 127. The van der Waals surface area contributed by atoms with Crippen molar-refractivity contribution >= 4 is 73.6 Å². The second-order valence-electron chi connectivity index (χ2n) is 5.90. The summed E-state index contributed by atoms with van der Waals surface area (Å²) in [7, 11) is -4.59. The third-order valence-electron chi connectivity index (χ3n) is 4.04. The number of aromatic hydroxyl groups is 1. The van der Waals surface area contributed by atoms with Gasteiger partial charge in [0.15, 0.2) is 0 Å². The standard InChI is InChI=1S/C15H16ClI2NO5S2/c1-9-14(11-7-10(17)8-12(18)13(11)20)26-15(25-9,24-16(21,22)23)19-5-3-2-4-6-19/h7-8,20H,2-6H2,1H3. The lowest BCUT2D eigenvalue weighted by molar-refractivity contribution is -1.92. The Morgan fingerprint density at radius 2 is 1.81 bits per heavy atom. The SMILES string of the molecule is CC1=C(c2cc(I)cc(I)c2O)SC(O[Cl+3]([O-])([O-])[O-])(N2CCCCC2)S1. The van der Waals surface area contributed by atoms with Gasteiger partial charge in [-0.25, -0.2) is 4.90 Å². The third kappa shape index (κ3) is 4.76. The fourth-order valence-corrected chi connectivity index (χ4v) is 8.76. The highest BCUT2D eigenvalue weighted by Crippen LogP contribution is 2.61. The smallest absolute Gasteiger partial charge is 0.381 e. The van der Waals surface area contributed by atoms with Gasteiger partial charge in [0.05, 0.1) is 13.8 Å². The second kappa shape index (κ2) is 8.40. The van der Waals surface area contributed by atoms with Gasteiger partial charge < -0.3 is 5.11 Å². The Morgan fingerprint density at radius 1 is 1.15 bits per heavy atom. The van der Waals surface area contributed by atoms with Gasteiger partial charge in [-0.15, -0.1) is 0 Å². The number of likely N-dealkylation sites (tertiary alicyclic amines) is 1. The lowest BCUT2D eigenvalue weighted by Gasteiger charge is -2.37. The molecule has 3 rings (SSSR count). The average Bonchev–Trinajstić information content (AvgIpc) is 2.87. The van der Waals surface area contributed by atoms with Crippen molar-refractivity contribution in [1.29, 1.82) is 0 Å². The van der Waals surface area contributed by atoms with E-state index >= 15 is 0 Å². The summed E-state index contributed by atoms with van der Waals surface area (Å²) in [4.78, 5) is 3.45. The molecule has 0 radical (unpaired) electrons. The van der Waals surface area contributed by atoms with Crippen LogP contribution in [0.25, 0.3) is 4.91 Å². The first-order valence-electron chi connectivity index (χ1n) is 7.75. The van der Waals surface area contributed by atoms with Crippen molar-refractivity contribution in [3.8, 4) is 5.75 Å². The number of phenolic OH excluding ortho intramolecular Hbond substituents is 1. The summed E-state index contributed by atoms with van der Waals surface area (Å²) in [5.74, 6) is 0.144. The number of hydrogen-bond donors (Lipinski definition) is 1. The van der Waals surface area contributed by atoms with Gasteiger partial charge in [-0.2, -0.15) is 14.0 Å². The van der Waals surface area contributed by atoms with Crippen LogP contribution in [0.15, 0.2) is 17.0 Å². The maximum Gasteiger partial charge on any atom is 0.381 e. The largest absolute Gasteiger partial charge is 0.506 e. The molecule has 0 spiro atoms. The molecule has 1 aromatic rings. The molecule has 0 bridgehead atoms. The van der Waals surface area contributed by atoms with E-state index in [1.54, 1.807) is 0 Å². The molecule has 2 aliphatic heterocycles. The maximum absolute atomic E-state index is 11.4. The summed E-state index contributed by atoms with van der Waals surface area (Å²) in [6, 6.07) is 3.71. The second-order valence-corrected chi connectivity index (χ2v) is 12.0. The Hall–Kier alpha value is 1.01. The van der Waals surface area contributed by atoms with Crippen LogP contribution in [0.1, 0.15) is 31.7 Å². The molecule has 144 valence electrons. The van der Waals surface area contributed by atoms with E-state index < -0.39 is 14.6 Å². The van der Waals surface area contributed by atoms with Crippen molar-refractivity contribution in [3.63, 3.8) is 0 Å². The summed E-state index contributed by atoms with van der Waals surface area (Å²) in [6.45, 7) is 3.16. The quantitative estimate of drug-likeness (QED) is 0.496. The molecule has 11 heteroatoms. The topological polar surface area (TPSA) is 102 Å². The van der Waals surface area contributed by atoms with E-state index in [9.17, 15) is 19.1 Å². The van der Waals surface area contributed by atoms with Gasteiger partial charge >= 0.3 is 4.39 Å². The van der Waals surface area contributed by atoms with E-state index in [1.165, 1.54) is 23.5 Å². The van der Waals surface area contributed by atoms with Crippen LogP contribution in [0.2, 0.25) is 0 Å². The molecule has 0 saturated carbocycles. The lowest BCUT2D eigenvalue weighted by Crippen LogP contribution is -2.66. The molecule has 0 aliphatic carbocycles. The van der Waals surface area contributed by atoms with E-state index in [4.69, 9.17) is 4.29 Å². The van der Waals surface area contributed by atoms with E-state index in [2.05, 4.69) is 45.2 Å². The fraction of sp³-hybridized carbons (Fsp3) is 0.467. The van der Waals surface area contributed by atoms with Crippen LogP contribution < -0.4 is 14.0 Å². The number of thioether (sulfide) groups is 2. The Balaban J connectivity index is 1.99. The van der Waals surface area contributed by atoms with Gasteiger partial charge in [-0.1, -0.05) is 6.42 Å². The van der Waals surface area contributed by atoms with E-state index in [-0.39, 0.29) is 5.75 Å². The Labute approximate surface area is 189 Å². The van der Waals surface area contributed by atoms with Crippen molar-refractivity contribution in [3.05, 3.63) is 29.7 Å². The number of nitrogens with zero attached hydrogens (tertiary/aromatic N) is 1. The molecule has 1 saturated heterocycles. The predicted octanol–water partition coefficient (Wildman–Crippen LogP) is 1.78. The number of allylic oxidation sites excluding steroid dienone is 1. The number of benzene rings is 1. The van der Waals surface area contributed by atoms with Crippen molar-refractivity contribution in [2.45, 2.75) is 30.6 Å². The number of halogens is 3. The molecule has 0 aromatic heterocycles. The molecule has 1 N–H and O–H groups in total. The zero-order chi connectivity index (χ0) is 19.1. The normalized spacial score (nSPS) is 25.2. The molecular formula is C15H16ClI2NO5S2. The first-order chi connectivity index (χ1) is 12.1. The van der Waals surface area contributed by atoms with Crippen LogP contribution in [0.5, 0.6) is 5.75 Å². The molecule has 2 aliphatic rings. The summed E-state index contributed by atoms with van der Waals surface area (Å²) in [5, 5.41) is 10.5. The summed E-state index contributed by atoms with van der Waals surface area (Å²) >= 11 is 6.62. The maximum atomic E-state index is 11.4. The molecule has 1 fully saturated rings. The highest BCUT2D eigenvalue weighted by molar-refractivity contribution is 14.1. The van der Waals surface area contributed by atoms with Crippen LogP contribution in [0, 0.1) is 17.4 Å². The van der Waals surface area contributed by atoms with Crippen molar-refractivity contribution in [2.75, 3.05) is 13.1 Å². The summed E-state index contributed by atoms with van der Waals surface area (Å²) in [6.07, 6.45) is 2.91. The molecule has 26 heavy (non-hydrogen) atoms. The minimum atomic E-state index is -4.59. The van der Waals surface area contributed by atoms with Gasteiger partial charge in [-0.3, -0.25) is 0 Å². The zero-order valence-corrected chi connectivity index (χ0v) is 20.4. The third-order valence-corrected chi connectivity index (χ3v) is 9.15. The minimum absolute atomic E-state index is 0.144. The molecule has 6 nitrogen and oxygen atoms in total. The Kier molecular flexibility index (Phi) is 7.01. The van der Waals surface area contributed by atoms with Crippen LogP contribution in [0.4, 0.5) is 0 Å².